The molecule has 0 unspecified atom stereocenters. The Morgan fingerprint density at radius 3 is 2.52 bits per heavy atom. The first-order valence-electron chi connectivity index (χ1n) is 5.64. The van der Waals surface area contributed by atoms with Gasteiger partial charge in [-0.05, 0) is 17.5 Å². The van der Waals surface area contributed by atoms with Gasteiger partial charge in [-0.2, -0.15) is 0 Å². The molecule has 0 radical (unpaired) electrons. The molecule has 0 spiro atoms. The lowest BCUT2D eigenvalue weighted by molar-refractivity contribution is -0.275. The summed E-state index contributed by atoms with van der Waals surface area (Å²) >= 11 is 0. The van der Waals surface area contributed by atoms with Crippen LogP contribution in [-0.2, 0) is 4.74 Å². The SMILES string of the molecule is COCOc1cc(O)c2c(OC(F)(F)F)c(F)ccc2c1. The minimum atomic E-state index is -5.08. The van der Waals surface area contributed by atoms with Gasteiger partial charge in [0.2, 0.25) is 0 Å². The third-order valence-corrected chi connectivity index (χ3v) is 2.54. The third-order valence-electron chi connectivity index (χ3n) is 2.54. The lowest BCUT2D eigenvalue weighted by Gasteiger charge is -2.14. The van der Waals surface area contributed by atoms with E-state index >= 15 is 0 Å². The van der Waals surface area contributed by atoms with E-state index < -0.39 is 29.1 Å². The number of phenolic OH excluding ortho intramolecular Hbond substituents is 1. The Hall–Kier alpha value is -2.22. The van der Waals surface area contributed by atoms with Crippen LogP contribution in [0.5, 0.6) is 17.2 Å². The number of fused-ring (bicyclic) bond motifs is 1. The number of aromatic hydroxyl groups is 1. The summed E-state index contributed by atoms with van der Waals surface area (Å²) in [4.78, 5) is 0. The second-order valence-corrected chi connectivity index (χ2v) is 4.02. The standard InChI is InChI=1S/C13H10F4O4/c1-19-6-20-8-4-7-2-3-9(14)12(21-13(15,16)17)11(7)10(18)5-8/h2-5,18H,6H2,1H3. The number of rotatable bonds is 4. The lowest BCUT2D eigenvalue weighted by atomic mass is 10.1. The highest BCUT2D eigenvalue weighted by Crippen LogP contribution is 2.40. The quantitative estimate of drug-likeness (QED) is 0.693. The van der Waals surface area contributed by atoms with E-state index in [9.17, 15) is 22.7 Å². The van der Waals surface area contributed by atoms with Crippen LogP contribution in [0, 0.1) is 5.82 Å². The molecule has 0 fully saturated rings. The zero-order valence-electron chi connectivity index (χ0n) is 10.7. The van der Waals surface area contributed by atoms with E-state index in [2.05, 4.69) is 9.47 Å². The molecule has 2 aromatic carbocycles. The van der Waals surface area contributed by atoms with Gasteiger partial charge in [-0.3, -0.25) is 0 Å². The Morgan fingerprint density at radius 2 is 1.90 bits per heavy atom. The second-order valence-electron chi connectivity index (χ2n) is 4.02. The summed E-state index contributed by atoms with van der Waals surface area (Å²) in [5.74, 6) is -2.76. The van der Waals surface area contributed by atoms with E-state index in [1.807, 2.05) is 0 Å². The molecule has 1 N–H and O–H groups in total. The first-order valence-corrected chi connectivity index (χ1v) is 5.64. The molecule has 21 heavy (non-hydrogen) atoms. The fraction of sp³-hybridized carbons (Fsp3) is 0.231. The zero-order valence-corrected chi connectivity index (χ0v) is 10.7. The Bertz CT molecular complexity index is 655. The van der Waals surface area contributed by atoms with Gasteiger partial charge in [-0.1, -0.05) is 6.07 Å². The summed E-state index contributed by atoms with van der Waals surface area (Å²) in [7, 11) is 1.38. The van der Waals surface area contributed by atoms with Crippen molar-refractivity contribution in [2.24, 2.45) is 0 Å². The van der Waals surface area contributed by atoms with E-state index in [4.69, 9.17) is 4.74 Å². The van der Waals surface area contributed by atoms with Gasteiger partial charge in [0.15, 0.2) is 18.4 Å². The normalized spacial score (nSPS) is 11.7. The number of ether oxygens (including phenoxy) is 3. The highest BCUT2D eigenvalue weighted by Gasteiger charge is 2.34. The fourth-order valence-electron chi connectivity index (χ4n) is 1.78. The van der Waals surface area contributed by atoms with Gasteiger partial charge in [0, 0.05) is 13.2 Å². The first-order chi connectivity index (χ1) is 9.81. The van der Waals surface area contributed by atoms with Crippen LogP contribution < -0.4 is 9.47 Å². The highest BCUT2D eigenvalue weighted by atomic mass is 19.4. The lowest BCUT2D eigenvalue weighted by Crippen LogP contribution is -2.18. The van der Waals surface area contributed by atoms with Crippen molar-refractivity contribution in [2.75, 3.05) is 13.9 Å². The van der Waals surface area contributed by atoms with Crippen LogP contribution in [0.25, 0.3) is 10.8 Å². The van der Waals surface area contributed by atoms with Crippen LogP contribution in [-0.4, -0.2) is 25.4 Å². The molecular weight excluding hydrogens is 296 g/mol. The summed E-state index contributed by atoms with van der Waals surface area (Å²) in [5, 5.41) is 9.55. The predicted molar refractivity (Wildman–Crippen MR) is 64.8 cm³/mol. The molecule has 0 aromatic heterocycles. The van der Waals surface area contributed by atoms with Crippen molar-refractivity contribution < 1.29 is 36.9 Å². The number of hydrogen-bond acceptors (Lipinski definition) is 4. The van der Waals surface area contributed by atoms with Gasteiger partial charge in [0.25, 0.3) is 0 Å². The van der Waals surface area contributed by atoms with Gasteiger partial charge < -0.3 is 19.3 Å². The first kappa shape index (κ1) is 15.2. The molecule has 2 rings (SSSR count). The van der Waals surface area contributed by atoms with Gasteiger partial charge in [-0.25, -0.2) is 4.39 Å². The predicted octanol–water partition coefficient (Wildman–Crippen LogP) is 3.57. The van der Waals surface area contributed by atoms with Crippen LogP contribution >= 0.6 is 0 Å². The van der Waals surface area contributed by atoms with Gasteiger partial charge in [0.05, 0.1) is 5.39 Å². The molecular formula is C13H10F4O4. The molecule has 0 bridgehead atoms. The number of halogens is 4. The summed E-state index contributed by atoms with van der Waals surface area (Å²) in [6.07, 6.45) is -5.08. The Balaban J connectivity index is 2.56. The maximum Gasteiger partial charge on any atom is 0.573 e. The summed E-state index contributed by atoms with van der Waals surface area (Å²) in [6.45, 7) is -0.113. The third kappa shape index (κ3) is 3.46. The summed E-state index contributed by atoms with van der Waals surface area (Å²) in [6, 6.07) is 4.39. The minimum Gasteiger partial charge on any atom is -0.507 e. The zero-order chi connectivity index (χ0) is 15.6. The molecule has 0 atom stereocenters. The van der Waals surface area contributed by atoms with Crippen molar-refractivity contribution in [1.29, 1.82) is 0 Å². The maximum absolute atomic E-state index is 13.5. The minimum absolute atomic E-state index is 0.113. The summed E-state index contributed by atoms with van der Waals surface area (Å²) in [5.41, 5.74) is 0. The average molecular weight is 306 g/mol. The second kappa shape index (κ2) is 5.65. The largest absolute Gasteiger partial charge is 0.573 e. The van der Waals surface area contributed by atoms with Crippen LogP contribution in [0.4, 0.5) is 17.6 Å². The Labute approximate surface area is 116 Å². The van der Waals surface area contributed by atoms with E-state index in [0.717, 1.165) is 12.1 Å². The van der Waals surface area contributed by atoms with Crippen molar-refractivity contribution in [1.82, 2.24) is 0 Å². The van der Waals surface area contributed by atoms with E-state index in [-0.39, 0.29) is 17.9 Å². The van der Waals surface area contributed by atoms with Crippen molar-refractivity contribution in [3.63, 3.8) is 0 Å². The molecule has 0 aliphatic carbocycles. The smallest absolute Gasteiger partial charge is 0.507 e. The molecule has 8 heteroatoms. The Morgan fingerprint density at radius 1 is 1.19 bits per heavy atom. The van der Waals surface area contributed by atoms with Crippen molar-refractivity contribution in [3.8, 4) is 17.2 Å². The van der Waals surface area contributed by atoms with Gasteiger partial charge in [0.1, 0.15) is 11.5 Å². The van der Waals surface area contributed by atoms with E-state index in [0.29, 0.717) is 0 Å². The molecule has 0 saturated heterocycles. The molecule has 0 aliphatic heterocycles. The number of hydrogen-bond donors (Lipinski definition) is 1. The topological polar surface area (TPSA) is 47.9 Å². The van der Waals surface area contributed by atoms with Crippen molar-refractivity contribution in [2.45, 2.75) is 6.36 Å². The molecule has 114 valence electrons. The number of phenols is 1. The van der Waals surface area contributed by atoms with E-state index in [1.165, 1.54) is 19.2 Å². The van der Waals surface area contributed by atoms with Crippen LogP contribution in [0.15, 0.2) is 24.3 Å². The molecule has 0 amide bonds. The van der Waals surface area contributed by atoms with Gasteiger partial charge >= 0.3 is 6.36 Å². The number of benzene rings is 2. The van der Waals surface area contributed by atoms with Crippen LogP contribution in [0.2, 0.25) is 0 Å². The molecule has 4 nitrogen and oxygen atoms in total. The number of methoxy groups -OCH3 is 1. The number of alkyl halides is 3. The van der Waals surface area contributed by atoms with Crippen molar-refractivity contribution in [3.05, 3.63) is 30.1 Å². The van der Waals surface area contributed by atoms with Crippen LogP contribution in [0.3, 0.4) is 0 Å². The van der Waals surface area contributed by atoms with Crippen LogP contribution in [0.1, 0.15) is 0 Å². The average Bonchev–Trinajstić information content (AvgIpc) is 2.38. The molecule has 0 heterocycles. The molecule has 0 aliphatic rings. The van der Waals surface area contributed by atoms with Crippen molar-refractivity contribution >= 4 is 10.8 Å². The Kier molecular flexibility index (Phi) is 4.08. The summed E-state index contributed by atoms with van der Waals surface area (Å²) < 4.78 is 63.9. The molecule has 0 saturated carbocycles. The molecule has 2 aromatic rings. The monoisotopic (exact) mass is 306 g/mol. The van der Waals surface area contributed by atoms with E-state index in [1.54, 1.807) is 0 Å². The highest BCUT2D eigenvalue weighted by molar-refractivity contribution is 5.94. The fourth-order valence-corrected chi connectivity index (χ4v) is 1.78. The maximum atomic E-state index is 13.5. The van der Waals surface area contributed by atoms with Gasteiger partial charge in [-0.15, -0.1) is 13.2 Å².